The number of alkyl halides is 25. The van der Waals surface area contributed by atoms with Crippen LogP contribution in [0.5, 0.6) is 0 Å². The summed E-state index contributed by atoms with van der Waals surface area (Å²) in [5, 5.41) is 0. The Morgan fingerprint density at radius 2 is 0.442 bits per heavy atom. The van der Waals surface area contributed by atoms with Gasteiger partial charge in [-0.25, -0.2) is 0 Å². The number of nitrogens with two attached hydrogens (primary N) is 1. The third-order valence-electron chi connectivity index (χ3n) is 4.32. The molecule has 31 heteroatoms. The molecule has 0 amide bonds. The first kappa shape index (κ1) is 43.2. The van der Waals surface area contributed by atoms with Gasteiger partial charge in [0.25, 0.3) is 0 Å². The van der Waals surface area contributed by atoms with Crippen molar-refractivity contribution in [2.24, 2.45) is 5.73 Å². The van der Waals surface area contributed by atoms with Crippen LogP contribution in [0, 0.1) is 0 Å². The smallest absolute Gasteiger partial charge is 0.267 e. The van der Waals surface area contributed by atoms with Crippen molar-refractivity contribution < 1.29 is 127 Å². The van der Waals surface area contributed by atoms with Crippen LogP contribution in [0.15, 0.2) is 0 Å². The fraction of sp³-hybridized carbons (Fsp3) is 1.00. The molecule has 5 nitrogen and oxygen atoms in total. The van der Waals surface area contributed by atoms with Crippen molar-refractivity contribution in [3.8, 4) is 0 Å². The van der Waals surface area contributed by atoms with Crippen LogP contribution in [0.1, 0.15) is 0 Å². The Labute approximate surface area is 216 Å². The summed E-state index contributed by atoms with van der Waals surface area (Å²) in [5.41, 5.74) is 2.94. The van der Waals surface area contributed by atoms with Crippen LogP contribution >= 0.6 is 0 Å². The second kappa shape index (κ2) is 10.6. The van der Waals surface area contributed by atoms with Gasteiger partial charge in [0.1, 0.15) is 0 Å². The Morgan fingerprint density at radius 1 is 0.326 bits per heavy atom. The average molecular weight is 733 g/mol. The van der Waals surface area contributed by atoms with Gasteiger partial charge in [-0.1, -0.05) is 0 Å². The van der Waals surface area contributed by atoms with E-state index in [1.807, 2.05) is 0 Å². The van der Waals surface area contributed by atoms with Crippen LogP contribution in [0.2, 0.25) is 0 Å². The van der Waals surface area contributed by atoms with Crippen molar-refractivity contribution in [1.82, 2.24) is 0 Å². The largest absolute Gasteiger partial charge is 0.460 e. The Morgan fingerprint density at radius 3 is 0.558 bits per heavy atom. The normalized spacial score (nSPS) is 16.6. The van der Waals surface area contributed by atoms with Crippen molar-refractivity contribution in [2.75, 3.05) is 0 Å². The Balaban J connectivity index is 0. The topological polar surface area (TPSA) is 101 Å². The summed E-state index contributed by atoms with van der Waals surface area (Å²) in [6.45, 7) is 0. The summed E-state index contributed by atoms with van der Waals surface area (Å²) in [6, 6.07) is -7.18. The molecule has 0 aliphatic heterocycles. The molecule has 0 aliphatic carbocycles. The molecule has 0 radical (unpaired) electrons. The van der Waals surface area contributed by atoms with Gasteiger partial charge in [-0.3, -0.25) is 14.8 Å². The van der Waals surface area contributed by atoms with Gasteiger partial charge in [-0.2, -0.15) is 118 Å². The van der Waals surface area contributed by atoms with E-state index >= 15 is 0 Å². The highest BCUT2D eigenvalue weighted by atomic mass is 32.3. The predicted octanol–water partition coefficient (Wildman–Crippen LogP) is 6.80. The molecule has 0 unspecified atom stereocenters. The number of hydrogen-bond acceptors (Lipinski definition) is 3. The minimum absolute atomic E-state index is 2.94. The molecule has 0 fully saturated rings. The van der Waals surface area contributed by atoms with Crippen molar-refractivity contribution in [2.45, 2.75) is 71.4 Å². The maximum atomic E-state index is 13.4. The monoisotopic (exact) mass is 733 g/mol. The lowest BCUT2D eigenvalue weighted by molar-refractivity contribution is -0.482. The molecule has 0 aliphatic rings. The molecule has 0 atom stereocenters. The lowest BCUT2D eigenvalue weighted by atomic mass is 9.85. The summed E-state index contributed by atoms with van der Waals surface area (Å²) in [7, 11) is -4.67. The van der Waals surface area contributed by atoms with Crippen LogP contribution < -0.4 is 5.73 Å². The van der Waals surface area contributed by atoms with Crippen LogP contribution in [-0.4, -0.2) is 89.0 Å². The molecular weight excluding hydrogens is 729 g/mol. The molecule has 0 heterocycles. The van der Waals surface area contributed by atoms with Crippen LogP contribution in [-0.2, 0) is 10.4 Å². The van der Waals surface area contributed by atoms with Crippen LogP contribution in [0.3, 0.4) is 0 Å². The summed E-state index contributed by atoms with van der Waals surface area (Å²) < 4.78 is 354. The Bertz CT molecular complexity index is 1020. The standard InChI is InChI=1S/C12H2F25N.H2O4S/c13-1(14,3(17,18)5(21,22)7(25,26)9(29,30)11(33,34)35)2(15,16)4(19,20)6(23,24)8(27,28)10(31,32)12(36,37)38;1-5(2,3)4/h38H2;(H2,1,2,3,4). The minimum Gasteiger partial charge on any atom is -0.267 e. The third kappa shape index (κ3) is 6.17. The molecule has 0 aromatic heterocycles. The molecule has 4 N–H and O–H groups in total. The zero-order valence-corrected chi connectivity index (χ0v) is 19.0. The zero-order valence-electron chi connectivity index (χ0n) is 18.1. The summed E-state index contributed by atoms with van der Waals surface area (Å²) in [6.07, 6.45) is -8.16. The highest BCUT2D eigenvalue weighted by molar-refractivity contribution is 7.79. The van der Waals surface area contributed by atoms with Crippen molar-refractivity contribution >= 4 is 10.4 Å². The van der Waals surface area contributed by atoms with Gasteiger partial charge in [0.15, 0.2) is 0 Å². The van der Waals surface area contributed by atoms with Gasteiger partial charge in [-0.05, 0) is 0 Å². The van der Waals surface area contributed by atoms with Gasteiger partial charge in [0.2, 0.25) is 0 Å². The Kier molecular flexibility index (Phi) is 10.6. The van der Waals surface area contributed by atoms with E-state index in [0.29, 0.717) is 0 Å². The van der Waals surface area contributed by atoms with Crippen LogP contribution in [0.4, 0.5) is 110 Å². The SMILES string of the molecule is NC(F)(F)C(F)(F)C(F)(F)C(F)(F)C(F)(F)C(F)(F)C(F)(F)C(F)(F)C(F)(F)C(F)(F)C(F)(F)C(F)(F)F.O=S(=O)(O)O. The minimum atomic E-state index is -9.59. The quantitative estimate of drug-likeness (QED) is 0.130. The van der Waals surface area contributed by atoms with Gasteiger partial charge < -0.3 is 0 Å². The maximum absolute atomic E-state index is 13.4. The molecule has 0 saturated carbocycles. The van der Waals surface area contributed by atoms with E-state index in [1.165, 1.54) is 0 Å². The summed E-state index contributed by atoms with van der Waals surface area (Å²) >= 11 is 0. The second-order valence-electron chi connectivity index (χ2n) is 7.31. The van der Waals surface area contributed by atoms with Crippen molar-refractivity contribution in [1.29, 1.82) is 0 Å². The summed E-state index contributed by atoms with van der Waals surface area (Å²) in [4.78, 5) is 0. The maximum Gasteiger partial charge on any atom is 0.460 e. The van der Waals surface area contributed by atoms with Crippen molar-refractivity contribution in [3.05, 3.63) is 0 Å². The van der Waals surface area contributed by atoms with E-state index in [0.717, 1.165) is 0 Å². The van der Waals surface area contributed by atoms with E-state index in [1.54, 1.807) is 0 Å². The van der Waals surface area contributed by atoms with Gasteiger partial charge in [0.05, 0.1) is 0 Å². The fourth-order valence-corrected chi connectivity index (χ4v) is 1.96. The van der Waals surface area contributed by atoms with E-state index < -0.39 is 81.8 Å². The lowest BCUT2D eigenvalue weighted by Crippen LogP contribution is -2.78. The lowest BCUT2D eigenvalue weighted by Gasteiger charge is -2.45. The highest BCUT2D eigenvalue weighted by Crippen LogP contribution is 2.67. The van der Waals surface area contributed by atoms with E-state index in [-0.39, 0.29) is 0 Å². The highest BCUT2D eigenvalue weighted by Gasteiger charge is 2.99. The first-order valence-electron chi connectivity index (χ1n) is 8.46. The Hall–Kier alpha value is -1.92. The molecule has 0 rings (SSSR count). The van der Waals surface area contributed by atoms with Gasteiger partial charge >= 0.3 is 81.8 Å². The second-order valence-corrected chi connectivity index (χ2v) is 8.21. The average Bonchev–Trinajstić information content (AvgIpc) is 2.69. The molecule has 0 aromatic carbocycles. The number of rotatable bonds is 10. The molecule has 0 bridgehead atoms. The molecule has 0 aromatic rings. The first-order chi connectivity index (χ1) is 17.8. The first-order valence-corrected chi connectivity index (χ1v) is 9.86. The van der Waals surface area contributed by atoms with E-state index in [2.05, 4.69) is 5.73 Å². The molecular formula is C12H4F25NO4S. The number of halogens is 25. The predicted molar refractivity (Wildman–Crippen MR) is 78.8 cm³/mol. The van der Waals surface area contributed by atoms with Crippen molar-refractivity contribution in [3.63, 3.8) is 0 Å². The fourth-order valence-electron chi connectivity index (χ4n) is 1.96. The molecule has 262 valence electrons. The zero-order chi connectivity index (χ0) is 36.5. The summed E-state index contributed by atoms with van der Waals surface area (Å²) in [5.74, 6) is -91.5. The molecule has 0 spiro atoms. The molecule has 0 saturated heterocycles. The number of hydrogen-bond donors (Lipinski definition) is 3. The van der Waals surface area contributed by atoms with Gasteiger partial charge in [-0.15, -0.1) is 0 Å². The molecule has 43 heavy (non-hydrogen) atoms. The van der Waals surface area contributed by atoms with E-state index in [4.69, 9.17) is 17.5 Å². The van der Waals surface area contributed by atoms with E-state index in [9.17, 15) is 110 Å². The van der Waals surface area contributed by atoms with Crippen LogP contribution in [0.25, 0.3) is 0 Å². The van der Waals surface area contributed by atoms with Gasteiger partial charge in [0, 0.05) is 0 Å². The third-order valence-corrected chi connectivity index (χ3v) is 4.32.